The van der Waals surface area contributed by atoms with Crippen molar-refractivity contribution in [2.24, 2.45) is 0 Å². The highest BCUT2D eigenvalue weighted by Gasteiger charge is 2.23. The second-order valence-corrected chi connectivity index (χ2v) is 6.04. The van der Waals surface area contributed by atoms with E-state index in [0.29, 0.717) is 24.6 Å². The smallest absolute Gasteiger partial charge is 0.314 e. The van der Waals surface area contributed by atoms with E-state index in [1.807, 2.05) is 25.6 Å². The maximum atomic E-state index is 11.5. The van der Waals surface area contributed by atoms with Crippen LogP contribution in [0.2, 0.25) is 0 Å². The van der Waals surface area contributed by atoms with E-state index >= 15 is 0 Å². The van der Waals surface area contributed by atoms with Gasteiger partial charge in [0, 0.05) is 18.3 Å². The summed E-state index contributed by atoms with van der Waals surface area (Å²) in [6, 6.07) is -0.169. The van der Waals surface area contributed by atoms with Crippen molar-refractivity contribution in [1.29, 1.82) is 0 Å². The normalized spacial score (nSPS) is 20.3. The molecule has 5 heteroatoms. The van der Waals surface area contributed by atoms with E-state index in [1.54, 1.807) is 0 Å². The zero-order valence-electron chi connectivity index (χ0n) is 10.8. The molecule has 1 saturated heterocycles. The van der Waals surface area contributed by atoms with Gasteiger partial charge >= 0.3 is 6.03 Å². The first-order chi connectivity index (χ1) is 8.09. The molecule has 0 saturated carbocycles. The highest BCUT2D eigenvalue weighted by atomic mass is 32.2. The van der Waals surface area contributed by atoms with Gasteiger partial charge in [-0.25, -0.2) is 4.79 Å². The van der Waals surface area contributed by atoms with Crippen molar-refractivity contribution in [1.82, 2.24) is 10.6 Å². The Labute approximate surface area is 108 Å². The highest BCUT2D eigenvalue weighted by molar-refractivity contribution is 8.00. The maximum Gasteiger partial charge on any atom is 0.314 e. The summed E-state index contributed by atoms with van der Waals surface area (Å²) in [5.74, 6) is 1.21. The molecule has 1 rings (SSSR count). The summed E-state index contributed by atoms with van der Waals surface area (Å²) in [6.07, 6.45) is 3.76. The van der Waals surface area contributed by atoms with Gasteiger partial charge < -0.3 is 15.7 Å². The van der Waals surface area contributed by atoms with Crippen LogP contribution in [-0.2, 0) is 0 Å². The molecule has 0 aromatic carbocycles. The number of nitrogens with one attached hydrogen (secondary N) is 2. The van der Waals surface area contributed by atoms with E-state index in [0.717, 1.165) is 6.54 Å². The minimum absolute atomic E-state index is 0.169. The molecule has 0 bridgehead atoms. The van der Waals surface area contributed by atoms with Crippen molar-refractivity contribution in [2.75, 3.05) is 18.8 Å². The number of amides is 2. The quantitative estimate of drug-likeness (QED) is 0.681. The van der Waals surface area contributed by atoms with Gasteiger partial charge in [0.25, 0.3) is 0 Å². The van der Waals surface area contributed by atoms with Gasteiger partial charge in [0.15, 0.2) is 0 Å². The van der Waals surface area contributed by atoms with Gasteiger partial charge in [0.2, 0.25) is 0 Å². The third-order valence-electron chi connectivity index (χ3n) is 3.41. The van der Waals surface area contributed by atoms with Crippen molar-refractivity contribution in [3.05, 3.63) is 0 Å². The van der Waals surface area contributed by atoms with Crippen LogP contribution in [-0.4, -0.2) is 40.8 Å². The SMILES string of the molecule is CCC(O)(CC)CNC(=O)NCC1CCCS1. The number of carbonyl (C=O) groups is 1. The Morgan fingerprint density at radius 2 is 2.12 bits per heavy atom. The second-order valence-electron chi connectivity index (χ2n) is 4.63. The molecule has 1 atom stereocenters. The van der Waals surface area contributed by atoms with E-state index < -0.39 is 5.60 Å². The van der Waals surface area contributed by atoms with Gasteiger partial charge in [-0.05, 0) is 31.4 Å². The van der Waals surface area contributed by atoms with Crippen LogP contribution >= 0.6 is 11.8 Å². The Morgan fingerprint density at radius 1 is 1.41 bits per heavy atom. The lowest BCUT2D eigenvalue weighted by molar-refractivity contribution is 0.0349. The number of hydrogen-bond donors (Lipinski definition) is 3. The Bertz CT molecular complexity index is 239. The number of thioether (sulfide) groups is 1. The largest absolute Gasteiger partial charge is 0.388 e. The molecule has 0 radical (unpaired) electrons. The molecule has 0 spiro atoms. The molecule has 0 aromatic heterocycles. The Morgan fingerprint density at radius 3 is 2.65 bits per heavy atom. The molecule has 17 heavy (non-hydrogen) atoms. The minimum Gasteiger partial charge on any atom is -0.388 e. The van der Waals surface area contributed by atoms with E-state index in [4.69, 9.17) is 0 Å². The molecule has 1 aliphatic rings. The van der Waals surface area contributed by atoms with E-state index in [-0.39, 0.29) is 6.03 Å². The van der Waals surface area contributed by atoms with Gasteiger partial charge in [-0.3, -0.25) is 0 Å². The van der Waals surface area contributed by atoms with Gasteiger partial charge in [-0.2, -0.15) is 11.8 Å². The van der Waals surface area contributed by atoms with E-state index in [1.165, 1.54) is 18.6 Å². The summed E-state index contributed by atoms with van der Waals surface area (Å²) in [6.45, 7) is 4.91. The number of hydrogen-bond acceptors (Lipinski definition) is 3. The first kappa shape index (κ1) is 14.6. The standard InChI is InChI=1S/C12H24N2O2S/c1-3-12(16,4-2)9-14-11(15)13-8-10-6-5-7-17-10/h10,16H,3-9H2,1-2H3,(H2,13,14,15). The first-order valence-electron chi connectivity index (χ1n) is 6.45. The fourth-order valence-electron chi connectivity index (χ4n) is 1.82. The molecular formula is C12H24N2O2S. The van der Waals surface area contributed by atoms with Gasteiger partial charge in [-0.1, -0.05) is 13.8 Å². The number of aliphatic hydroxyl groups is 1. The fraction of sp³-hybridized carbons (Fsp3) is 0.917. The van der Waals surface area contributed by atoms with Crippen LogP contribution in [0, 0.1) is 0 Å². The Kier molecular flexibility index (Phi) is 6.12. The summed E-state index contributed by atoms with van der Waals surface area (Å²) in [5.41, 5.74) is -0.764. The molecule has 1 unspecified atom stereocenters. The van der Waals surface area contributed by atoms with E-state index in [2.05, 4.69) is 10.6 Å². The molecule has 1 fully saturated rings. The Hall–Kier alpha value is -0.420. The van der Waals surface area contributed by atoms with E-state index in [9.17, 15) is 9.90 Å². The molecule has 1 heterocycles. The van der Waals surface area contributed by atoms with Crippen molar-refractivity contribution < 1.29 is 9.90 Å². The molecule has 4 nitrogen and oxygen atoms in total. The average molecular weight is 260 g/mol. The minimum atomic E-state index is -0.764. The summed E-state index contributed by atoms with van der Waals surface area (Å²) in [7, 11) is 0. The lowest BCUT2D eigenvalue weighted by atomic mass is 9.98. The molecule has 0 aromatic rings. The second kappa shape index (κ2) is 7.11. The summed E-state index contributed by atoms with van der Waals surface area (Å²) < 4.78 is 0. The number of rotatable bonds is 6. The predicted molar refractivity (Wildman–Crippen MR) is 72.4 cm³/mol. The monoisotopic (exact) mass is 260 g/mol. The first-order valence-corrected chi connectivity index (χ1v) is 7.50. The maximum absolute atomic E-state index is 11.5. The van der Waals surface area contributed by atoms with Gasteiger partial charge in [0.05, 0.1) is 5.60 Å². The third kappa shape index (κ3) is 5.17. The molecule has 2 amide bonds. The van der Waals surface area contributed by atoms with Crippen LogP contribution in [0.5, 0.6) is 0 Å². The number of urea groups is 1. The van der Waals surface area contributed by atoms with Crippen molar-refractivity contribution in [3.63, 3.8) is 0 Å². The van der Waals surface area contributed by atoms with Crippen LogP contribution in [0.25, 0.3) is 0 Å². The zero-order valence-corrected chi connectivity index (χ0v) is 11.6. The number of carbonyl (C=O) groups excluding carboxylic acids is 1. The molecule has 100 valence electrons. The lowest BCUT2D eigenvalue weighted by Crippen LogP contribution is -2.46. The average Bonchev–Trinajstić information content (AvgIpc) is 2.86. The molecule has 1 aliphatic heterocycles. The topological polar surface area (TPSA) is 61.4 Å². The van der Waals surface area contributed by atoms with Crippen LogP contribution in [0.1, 0.15) is 39.5 Å². The summed E-state index contributed by atoms with van der Waals surface area (Å²) in [5, 5.41) is 16.2. The lowest BCUT2D eigenvalue weighted by Gasteiger charge is -2.25. The van der Waals surface area contributed by atoms with Crippen molar-refractivity contribution >= 4 is 17.8 Å². The molecule has 0 aliphatic carbocycles. The Balaban J connectivity index is 2.16. The van der Waals surface area contributed by atoms with Crippen LogP contribution in [0.3, 0.4) is 0 Å². The van der Waals surface area contributed by atoms with Gasteiger partial charge in [-0.15, -0.1) is 0 Å². The summed E-state index contributed by atoms with van der Waals surface area (Å²) >= 11 is 1.93. The van der Waals surface area contributed by atoms with Gasteiger partial charge in [0.1, 0.15) is 0 Å². The molecule has 3 N–H and O–H groups in total. The summed E-state index contributed by atoms with van der Waals surface area (Å²) in [4.78, 5) is 11.5. The van der Waals surface area contributed by atoms with Crippen LogP contribution in [0.15, 0.2) is 0 Å². The van der Waals surface area contributed by atoms with Crippen molar-refractivity contribution in [2.45, 2.75) is 50.4 Å². The third-order valence-corrected chi connectivity index (χ3v) is 4.81. The predicted octanol–water partition coefficient (Wildman–Crippen LogP) is 1.73. The van der Waals surface area contributed by atoms with Crippen molar-refractivity contribution in [3.8, 4) is 0 Å². The highest BCUT2D eigenvalue weighted by Crippen LogP contribution is 2.25. The van der Waals surface area contributed by atoms with Crippen LogP contribution in [0.4, 0.5) is 4.79 Å². The fourth-order valence-corrected chi connectivity index (χ4v) is 3.02. The van der Waals surface area contributed by atoms with Crippen LogP contribution < -0.4 is 10.6 Å². The molecular weight excluding hydrogens is 236 g/mol. The zero-order chi connectivity index (χ0) is 12.7.